The van der Waals surface area contributed by atoms with Gasteiger partial charge in [0.25, 0.3) is 5.91 Å². The van der Waals surface area contributed by atoms with E-state index >= 15 is 0 Å². The van der Waals surface area contributed by atoms with Crippen molar-refractivity contribution in [1.29, 1.82) is 5.26 Å². The zero-order valence-electron chi connectivity index (χ0n) is 19.8. The number of aryl methyl sites for hydroxylation is 1. The maximum Gasteiger partial charge on any atom is 0.268 e. The number of thiazole rings is 1. The third-order valence-corrected chi connectivity index (χ3v) is 7.44. The van der Waals surface area contributed by atoms with Crippen LogP contribution < -0.4 is 9.62 Å². The van der Waals surface area contributed by atoms with Crippen LogP contribution in [-0.4, -0.2) is 37.2 Å². The molecule has 3 rings (SSSR count). The molecule has 2 heterocycles. The van der Waals surface area contributed by atoms with Crippen molar-refractivity contribution in [3.05, 3.63) is 58.2 Å². The molecular formula is C24H27N5O3S2. The van der Waals surface area contributed by atoms with Crippen molar-refractivity contribution in [2.45, 2.75) is 33.7 Å². The van der Waals surface area contributed by atoms with Crippen LogP contribution in [0.2, 0.25) is 0 Å². The Labute approximate surface area is 204 Å². The topological polar surface area (TPSA) is 108 Å². The van der Waals surface area contributed by atoms with Crippen molar-refractivity contribution in [3.8, 4) is 17.3 Å². The molecular weight excluding hydrogens is 470 g/mol. The Kier molecular flexibility index (Phi) is 7.59. The number of nitriles is 1. The van der Waals surface area contributed by atoms with Crippen LogP contribution >= 0.6 is 11.3 Å². The Bertz CT molecular complexity index is 1380. The number of hydrogen-bond donors (Lipinski definition) is 1. The van der Waals surface area contributed by atoms with Gasteiger partial charge in [0.2, 0.25) is 10.0 Å². The van der Waals surface area contributed by atoms with Gasteiger partial charge in [0.05, 0.1) is 17.6 Å². The molecule has 1 aromatic carbocycles. The van der Waals surface area contributed by atoms with E-state index < -0.39 is 15.9 Å². The minimum Gasteiger partial charge on any atom is -0.349 e. The molecule has 0 aliphatic rings. The Balaban J connectivity index is 1.77. The lowest BCUT2D eigenvalue weighted by Gasteiger charge is -2.16. The maximum atomic E-state index is 12.7. The number of benzene rings is 1. The first-order valence-electron chi connectivity index (χ1n) is 10.6. The standard InChI is InChI=1S/C24H27N5O3S2/c1-6-11-29-16(2)12-19(17(29)3)13-20(14-25)23(30)27-24-26-22(15-33-24)18-7-9-21(10-8-18)28(4)34(5,31)32/h7-10,12-13,15H,6,11H2,1-5H3,(H,26,27,30)/b20-13+. The summed E-state index contributed by atoms with van der Waals surface area (Å²) in [5.41, 5.74) is 4.90. The molecule has 0 unspecified atom stereocenters. The predicted octanol–water partition coefficient (Wildman–Crippen LogP) is 4.58. The monoisotopic (exact) mass is 497 g/mol. The summed E-state index contributed by atoms with van der Waals surface area (Å²) >= 11 is 1.25. The highest BCUT2D eigenvalue weighted by molar-refractivity contribution is 7.92. The third kappa shape index (κ3) is 5.55. The molecule has 2 aromatic heterocycles. The second-order valence-electron chi connectivity index (χ2n) is 7.92. The Morgan fingerprint density at radius 3 is 2.56 bits per heavy atom. The molecule has 0 fully saturated rings. The lowest BCUT2D eigenvalue weighted by Crippen LogP contribution is -2.24. The zero-order valence-corrected chi connectivity index (χ0v) is 21.4. The summed E-state index contributed by atoms with van der Waals surface area (Å²) in [7, 11) is -1.86. The highest BCUT2D eigenvalue weighted by atomic mass is 32.2. The van der Waals surface area contributed by atoms with Gasteiger partial charge in [-0.1, -0.05) is 19.1 Å². The lowest BCUT2D eigenvalue weighted by atomic mass is 10.1. The summed E-state index contributed by atoms with van der Waals surface area (Å²) in [6.07, 6.45) is 3.74. The van der Waals surface area contributed by atoms with E-state index in [0.29, 0.717) is 16.5 Å². The van der Waals surface area contributed by atoms with Gasteiger partial charge in [-0.2, -0.15) is 5.26 Å². The van der Waals surface area contributed by atoms with Crippen LogP contribution in [0.5, 0.6) is 0 Å². The number of sulfonamides is 1. The summed E-state index contributed by atoms with van der Waals surface area (Å²) in [4.78, 5) is 17.2. The average molecular weight is 498 g/mol. The summed E-state index contributed by atoms with van der Waals surface area (Å²) in [5, 5.41) is 14.4. The molecule has 34 heavy (non-hydrogen) atoms. The minimum absolute atomic E-state index is 0.00154. The smallest absolute Gasteiger partial charge is 0.268 e. The lowest BCUT2D eigenvalue weighted by molar-refractivity contribution is -0.112. The van der Waals surface area contributed by atoms with E-state index in [-0.39, 0.29) is 5.57 Å². The van der Waals surface area contributed by atoms with Gasteiger partial charge < -0.3 is 4.57 Å². The number of hydrogen-bond acceptors (Lipinski definition) is 6. The van der Waals surface area contributed by atoms with Crippen LogP contribution in [0.1, 0.15) is 30.3 Å². The van der Waals surface area contributed by atoms with Crippen molar-refractivity contribution in [2.24, 2.45) is 0 Å². The Morgan fingerprint density at radius 1 is 1.29 bits per heavy atom. The van der Waals surface area contributed by atoms with Gasteiger partial charge in [-0.05, 0) is 50.1 Å². The van der Waals surface area contributed by atoms with Gasteiger partial charge in [-0.3, -0.25) is 14.4 Å². The van der Waals surface area contributed by atoms with E-state index in [1.54, 1.807) is 35.7 Å². The van der Waals surface area contributed by atoms with E-state index in [4.69, 9.17) is 0 Å². The molecule has 0 saturated carbocycles. The average Bonchev–Trinajstić information content (AvgIpc) is 3.36. The quantitative estimate of drug-likeness (QED) is 0.362. The minimum atomic E-state index is -3.34. The molecule has 0 atom stereocenters. The summed E-state index contributed by atoms with van der Waals surface area (Å²) in [6.45, 7) is 6.97. The molecule has 8 nitrogen and oxygen atoms in total. The molecule has 3 aromatic rings. The molecule has 178 valence electrons. The van der Waals surface area contributed by atoms with Crippen LogP contribution in [0.15, 0.2) is 41.3 Å². The van der Waals surface area contributed by atoms with Crippen molar-refractivity contribution < 1.29 is 13.2 Å². The van der Waals surface area contributed by atoms with Crippen molar-refractivity contribution in [3.63, 3.8) is 0 Å². The van der Waals surface area contributed by atoms with E-state index in [1.807, 2.05) is 26.0 Å². The maximum absolute atomic E-state index is 12.7. The number of carbonyl (C=O) groups is 1. The molecule has 0 spiro atoms. The Morgan fingerprint density at radius 2 is 1.97 bits per heavy atom. The van der Waals surface area contributed by atoms with E-state index in [0.717, 1.165) is 41.7 Å². The Hall–Kier alpha value is -3.42. The second kappa shape index (κ2) is 10.2. The largest absolute Gasteiger partial charge is 0.349 e. The third-order valence-electron chi connectivity index (χ3n) is 5.47. The number of amides is 1. The van der Waals surface area contributed by atoms with Crippen molar-refractivity contribution in [2.75, 3.05) is 22.9 Å². The fourth-order valence-electron chi connectivity index (χ4n) is 3.51. The van der Waals surface area contributed by atoms with Crippen LogP contribution in [0.3, 0.4) is 0 Å². The summed E-state index contributed by atoms with van der Waals surface area (Å²) in [5.74, 6) is -0.520. The molecule has 0 saturated heterocycles. The second-order valence-corrected chi connectivity index (χ2v) is 10.8. The zero-order chi connectivity index (χ0) is 25.0. The molecule has 0 bridgehead atoms. The molecule has 1 amide bonds. The summed E-state index contributed by atoms with van der Waals surface area (Å²) < 4.78 is 26.8. The van der Waals surface area contributed by atoms with Gasteiger partial charge >= 0.3 is 0 Å². The molecule has 10 heteroatoms. The molecule has 0 aliphatic carbocycles. The number of aromatic nitrogens is 2. The van der Waals surface area contributed by atoms with Crippen molar-refractivity contribution >= 4 is 44.2 Å². The molecule has 0 aliphatic heterocycles. The van der Waals surface area contributed by atoms with E-state index in [2.05, 4.69) is 21.8 Å². The molecule has 0 radical (unpaired) electrons. The van der Waals surface area contributed by atoms with Gasteiger partial charge in [-0.15, -0.1) is 11.3 Å². The first-order chi connectivity index (χ1) is 16.0. The van der Waals surface area contributed by atoms with E-state index in [1.165, 1.54) is 22.7 Å². The summed E-state index contributed by atoms with van der Waals surface area (Å²) in [6, 6.07) is 10.9. The number of anilines is 2. The first kappa shape index (κ1) is 25.2. The molecule has 1 N–H and O–H groups in total. The normalized spacial score (nSPS) is 11.8. The van der Waals surface area contributed by atoms with Crippen LogP contribution in [0.4, 0.5) is 10.8 Å². The highest BCUT2D eigenvalue weighted by Crippen LogP contribution is 2.28. The fourth-order valence-corrected chi connectivity index (χ4v) is 4.73. The number of nitrogens with zero attached hydrogens (tertiary/aromatic N) is 4. The number of rotatable bonds is 8. The van der Waals surface area contributed by atoms with Crippen molar-refractivity contribution in [1.82, 2.24) is 9.55 Å². The van der Waals surface area contributed by atoms with Crippen LogP contribution in [0.25, 0.3) is 17.3 Å². The van der Waals surface area contributed by atoms with E-state index in [9.17, 15) is 18.5 Å². The number of nitrogens with one attached hydrogen (secondary N) is 1. The van der Waals surface area contributed by atoms with Crippen LogP contribution in [0, 0.1) is 25.2 Å². The highest BCUT2D eigenvalue weighted by Gasteiger charge is 2.16. The van der Waals surface area contributed by atoms with Crippen LogP contribution in [-0.2, 0) is 21.4 Å². The van der Waals surface area contributed by atoms with Gasteiger partial charge in [0, 0.05) is 35.9 Å². The number of carbonyl (C=O) groups excluding carboxylic acids is 1. The SMILES string of the molecule is CCCn1c(C)cc(/C=C(\C#N)C(=O)Nc2nc(-c3ccc(N(C)S(C)(=O)=O)cc3)cs2)c1C. The predicted molar refractivity (Wildman–Crippen MR) is 137 cm³/mol. The first-order valence-corrected chi connectivity index (χ1v) is 13.4. The fraction of sp³-hybridized carbons (Fsp3) is 0.292. The van der Waals surface area contributed by atoms with Gasteiger partial charge in [0.15, 0.2) is 5.13 Å². The van der Waals surface area contributed by atoms with Gasteiger partial charge in [0.1, 0.15) is 11.6 Å². The van der Waals surface area contributed by atoms with Gasteiger partial charge in [-0.25, -0.2) is 13.4 Å².